The van der Waals surface area contributed by atoms with Gasteiger partial charge in [0, 0.05) is 24.4 Å². The van der Waals surface area contributed by atoms with E-state index in [1.807, 2.05) is 14.0 Å². The fourth-order valence-electron chi connectivity index (χ4n) is 2.22. The number of thioether (sulfide) groups is 1. The molecular weight excluding hydrogens is 244 g/mol. The molecule has 1 aliphatic rings. The molecule has 1 aromatic heterocycles. The third kappa shape index (κ3) is 3.28. The topological polar surface area (TPSA) is 49.8 Å². The van der Waals surface area contributed by atoms with E-state index in [2.05, 4.69) is 39.3 Å². The lowest BCUT2D eigenvalue weighted by atomic mass is 10.2. The first kappa shape index (κ1) is 13.5. The number of nitrogens with zero attached hydrogens (tertiary/aromatic N) is 2. The van der Waals surface area contributed by atoms with Gasteiger partial charge in [0.1, 0.15) is 17.5 Å². The van der Waals surface area contributed by atoms with Gasteiger partial charge in [-0.2, -0.15) is 11.8 Å². The molecule has 0 radical (unpaired) electrons. The maximum absolute atomic E-state index is 4.49. The van der Waals surface area contributed by atoms with Gasteiger partial charge in [0.15, 0.2) is 0 Å². The number of anilines is 2. The summed E-state index contributed by atoms with van der Waals surface area (Å²) in [5, 5.41) is 7.33. The van der Waals surface area contributed by atoms with E-state index in [-0.39, 0.29) is 0 Å². The van der Waals surface area contributed by atoms with Crippen LogP contribution in [0.4, 0.5) is 11.6 Å². The van der Waals surface area contributed by atoms with Gasteiger partial charge in [-0.1, -0.05) is 6.42 Å². The Bertz CT molecular complexity index is 402. The van der Waals surface area contributed by atoms with Crippen molar-refractivity contribution in [3.8, 4) is 0 Å². The van der Waals surface area contributed by atoms with E-state index >= 15 is 0 Å². The highest BCUT2D eigenvalue weighted by atomic mass is 32.2. The van der Waals surface area contributed by atoms with Gasteiger partial charge in [0.2, 0.25) is 0 Å². The second-order valence-corrected chi connectivity index (χ2v) is 6.12. The zero-order chi connectivity index (χ0) is 13.0. The number of hydrogen-bond acceptors (Lipinski definition) is 5. The van der Waals surface area contributed by atoms with Gasteiger partial charge in [0.05, 0.1) is 0 Å². The zero-order valence-corrected chi connectivity index (χ0v) is 12.2. The van der Waals surface area contributed by atoms with Crippen molar-refractivity contribution in [3.63, 3.8) is 0 Å². The predicted molar refractivity (Wildman–Crippen MR) is 79.6 cm³/mol. The van der Waals surface area contributed by atoms with Crippen LogP contribution < -0.4 is 10.6 Å². The predicted octanol–water partition coefficient (Wildman–Crippen LogP) is 2.83. The highest BCUT2D eigenvalue weighted by Gasteiger charge is 2.15. The van der Waals surface area contributed by atoms with Crippen molar-refractivity contribution >= 4 is 23.4 Å². The summed E-state index contributed by atoms with van der Waals surface area (Å²) >= 11 is 2.08. The van der Waals surface area contributed by atoms with Gasteiger partial charge >= 0.3 is 0 Å². The van der Waals surface area contributed by atoms with Crippen molar-refractivity contribution in [2.45, 2.75) is 38.4 Å². The molecular formula is C13H22N4S. The van der Waals surface area contributed by atoms with E-state index in [9.17, 15) is 0 Å². The summed E-state index contributed by atoms with van der Waals surface area (Å²) in [6.07, 6.45) is 4.05. The maximum Gasteiger partial charge on any atom is 0.134 e. The Morgan fingerprint density at radius 1 is 1.22 bits per heavy atom. The van der Waals surface area contributed by atoms with Crippen LogP contribution in [0.25, 0.3) is 0 Å². The van der Waals surface area contributed by atoms with Crippen LogP contribution in [0.2, 0.25) is 0 Å². The lowest BCUT2D eigenvalue weighted by Gasteiger charge is -2.22. The lowest BCUT2D eigenvalue weighted by molar-refractivity contribution is 0.676. The second kappa shape index (κ2) is 6.27. The Kier molecular flexibility index (Phi) is 4.69. The average molecular weight is 266 g/mol. The van der Waals surface area contributed by atoms with Crippen molar-refractivity contribution in [1.82, 2.24) is 9.97 Å². The van der Waals surface area contributed by atoms with Gasteiger partial charge in [-0.05, 0) is 32.4 Å². The second-order valence-electron chi connectivity index (χ2n) is 4.71. The molecule has 1 aliphatic heterocycles. The summed E-state index contributed by atoms with van der Waals surface area (Å²) in [7, 11) is 1.90. The fourth-order valence-corrected chi connectivity index (χ4v) is 3.46. The molecule has 0 bridgehead atoms. The molecule has 0 aliphatic carbocycles. The summed E-state index contributed by atoms with van der Waals surface area (Å²) in [6, 6.07) is 0. The van der Waals surface area contributed by atoms with Crippen molar-refractivity contribution in [2.75, 3.05) is 30.0 Å². The summed E-state index contributed by atoms with van der Waals surface area (Å²) in [6.45, 7) is 4.99. The maximum atomic E-state index is 4.49. The molecule has 1 saturated heterocycles. The largest absolute Gasteiger partial charge is 0.373 e. The molecule has 4 nitrogen and oxygen atoms in total. The molecule has 1 unspecified atom stereocenters. The monoisotopic (exact) mass is 266 g/mol. The number of hydrogen-bond donors (Lipinski definition) is 2. The van der Waals surface area contributed by atoms with Crippen molar-refractivity contribution in [1.29, 1.82) is 0 Å². The van der Waals surface area contributed by atoms with Crippen LogP contribution in [0.15, 0.2) is 0 Å². The van der Waals surface area contributed by atoms with Crippen LogP contribution in [-0.4, -0.2) is 34.6 Å². The van der Waals surface area contributed by atoms with E-state index in [4.69, 9.17) is 0 Å². The molecule has 5 heteroatoms. The molecule has 1 aromatic rings. The third-order valence-electron chi connectivity index (χ3n) is 3.27. The summed E-state index contributed by atoms with van der Waals surface area (Å²) in [5.74, 6) is 4.00. The first-order chi connectivity index (χ1) is 8.70. The fraction of sp³-hybridized carbons (Fsp3) is 0.692. The molecule has 0 spiro atoms. The SMILES string of the molecule is CNc1nc(C)nc(NCC2CCCCS2)c1C. The zero-order valence-electron chi connectivity index (χ0n) is 11.4. The van der Waals surface area contributed by atoms with Gasteiger partial charge in [-0.3, -0.25) is 0 Å². The van der Waals surface area contributed by atoms with Crippen LogP contribution in [0.3, 0.4) is 0 Å². The molecule has 18 heavy (non-hydrogen) atoms. The van der Waals surface area contributed by atoms with E-state index in [1.165, 1.54) is 25.0 Å². The molecule has 0 amide bonds. The minimum Gasteiger partial charge on any atom is -0.373 e. The van der Waals surface area contributed by atoms with Gasteiger partial charge in [-0.25, -0.2) is 9.97 Å². The highest BCUT2D eigenvalue weighted by Crippen LogP contribution is 2.26. The summed E-state index contributed by atoms with van der Waals surface area (Å²) < 4.78 is 0. The summed E-state index contributed by atoms with van der Waals surface area (Å²) in [5.41, 5.74) is 1.10. The quantitative estimate of drug-likeness (QED) is 0.877. The number of aryl methyl sites for hydroxylation is 1. The van der Waals surface area contributed by atoms with Crippen LogP contribution in [-0.2, 0) is 0 Å². The molecule has 2 N–H and O–H groups in total. The first-order valence-corrected chi connectivity index (χ1v) is 7.64. The van der Waals surface area contributed by atoms with Crippen LogP contribution in [0, 0.1) is 13.8 Å². The minimum absolute atomic E-state index is 0.728. The van der Waals surface area contributed by atoms with E-state index < -0.39 is 0 Å². The van der Waals surface area contributed by atoms with Gasteiger partial charge in [0.25, 0.3) is 0 Å². The van der Waals surface area contributed by atoms with Gasteiger partial charge < -0.3 is 10.6 Å². The Morgan fingerprint density at radius 3 is 2.67 bits per heavy atom. The third-order valence-corrected chi connectivity index (χ3v) is 4.66. The van der Waals surface area contributed by atoms with E-state index in [1.54, 1.807) is 0 Å². The standard InChI is InChI=1S/C13H22N4S/c1-9-12(14-3)16-10(2)17-13(9)15-8-11-6-4-5-7-18-11/h11H,4-8H2,1-3H3,(H2,14,15,16,17). The molecule has 0 saturated carbocycles. The number of rotatable bonds is 4. The first-order valence-electron chi connectivity index (χ1n) is 6.59. The molecule has 2 heterocycles. The van der Waals surface area contributed by atoms with E-state index in [0.717, 1.165) is 34.8 Å². The molecule has 100 valence electrons. The highest BCUT2D eigenvalue weighted by molar-refractivity contribution is 7.99. The minimum atomic E-state index is 0.728. The molecule has 2 rings (SSSR count). The average Bonchev–Trinajstić information content (AvgIpc) is 2.40. The van der Waals surface area contributed by atoms with Crippen LogP contribution in [0.5, 0.6) is 0 Å². The van der Waals surface area contributed by atoms with Crippen molar-refractivity contribution in [3.05, 3.63) is 11.4 Å². The van der Waals surface area contributed by atoms with Gasteiger partial charge in [-0.15, -0.1) is 0 Å². The number of aromatic nitrogens is 2. The van der Waals surface area contributed by atoms with E-state index in [0.29, 0.717) is 0 Å². The lowest BCUT2D eigenvalue weighted by Crippen LogP contribution is -2.21. The molecule has 1 atom stereocenters. The number of nitrogens with one attached hydrogen (secondary N) is 2. The summed E-state index contributed by atoms with van der Waals surface area (Å²) in [4.78, 5) is 8.87. The van der Waals surface area contributed by atoms with Crippen molar-refractivity contribution < 1.29 is 0 Å². The van der Waals surface area contributed by atoms with Crippen molar-refractivity contribution in [2.24, 2.45) is 0 Å². The Labute approximate surface area is 113 Å². The van der Waals surface area contributed by atoms with Crippen LogP contribution >= 0.6 is 11.8 Å². The Morgan fingerprint density at radius 2 is 2.00 bits per heavy atom. The Hall–Kier alpha value is -0.970. The molecule has 1 fully saturated rings. The van der Waals surface area contributed by atoms with Crippen LogP contribution in [0.1, 0.15) is 30.7 Å². The Balaban J connectivity index is 2.01. The smallest absolute Gasteiger partial charge is 0.134 e. The molecule has 0 aromatic carbocycles. The normalized spacial score (nSPS) is 19.6.